The number of aromatic nitrogens is 5. The second kappa shape index (κ2) is 9.32. The molecule has 3 N–H and O–H groups in total. The third-order valence-corrected chi connectivity index (χ3v) is 7.58. The highest BCUT2D eigenvalue weighted by molar-refractivity contribution is 7.91. The van der Waals surface area contributed by atoms with E-state index in [0.717, 1.165) is 56.4 Å². The van der Waals surface area contributed by atoms with E-state index < -0.39 is 26.5 Å². The predicted molar refractivity (Wildman–Crippen MR) is 119 cm³/mol. The van der Waals surface area contributed by atoms with Crippen LogP contribution in [0.3, 0.4) is 0 Å². The highest BCUT2D eigenvalue weighted by atomic mass is 32.2. The van der Waals surface area contributed by atoms with E-state index in [-0.39, 0.29) is 17.3 Å². The zero-order valence-corrected chi connectivity index (χ0v) is 19.3. The second-order valence-electron chi connectivity index (χ2n) is 8.76. The molecule has 12 heteroatoms. The van der Waals surface area contributed by atoms with E-state index in [2.05, 4.69) is 25.6 Å². The number of rotatable bonds is 6. The summed E-state index contributed by atoms with van der Waals surface area (Å²) < 4.78 is 66.3. The van der Waals surface area contributed by atoms with Crippen molar-refractivity contribution in [1.82, 2.24) is 25.6 Å². The molecule has 0 aliphatic heterocycles. The van der Waals surface area contributed by atoms with Crippen LogP contribution < -0.4 is 5.73 Å². The monoisotopic (exact) mass is 494 g/mol. The standard InChI is InChI=1S/C22H25F3N6O2S/c1-34(32,33)20-17(22(23,24)25)10-9-16(19(20)21-28-30-31-29-21)15-7-4-13(5-8-15)2-3-14-6-11-18(26)27-12-14/h6,9-13,15H,2-5,7-8H2,1H3,(H2,26,27)(H,28,29,30,31). The van der Waals surface area contributed by atoms with Crippen molar-refractivity contribution in [1.29, 1.82) is 0 Å². The van der Waals surface area contributed by atoms with Gasteiger partial charge in [0.1, 0.15) is 5.82 Å². The Bertz CT molecular complexity index is 1240. The van der Waals surface area contributed by atoms with Crippen molar-refractivity contribution in [3.05, 3.63) is 47.2 Å². The molecule has 3 aromatic rings. The molecule has 1 saturated carbocycles. The Morgan fingerprint density at radius 2 is 1.85 bits per heavy atom. The number of aryl methyl sites for hydroxylation is 1. The number of nitrogens with zero attached hydrogens (tertiary/aromatic N) is 4. The number of aromatic amines is 1. The van der Waals surface area contributed by atoms with Gasteiger partial charge in [-0.25, -0.2) is 13.4 Å². The number of halogens is 3. The van der Waals surface area contributed by atoms with Gasteiger partial charge < -0.3 is 5.73 Å². The third kappa shape index (κ3) is 5.21. The van der Waals surface area contributed by atoms with E-state index in [4.69, 9.17) is 5.73 Å². The number of nitrogens with one attached hydrogen (secondary N) is 1. The molecule has 2 heterocycles. The van der Waals surface area contributed by atoms with Gasteiger partial charge in [-0.2, -0.15) is 18.4 Å². The number of nitrogen functional groups attached to an aromatic ring is 1. The average molecular weight is 495 g/mol. The van der Waals surface area contributed by atoms with Gasteiger partial charge in [0.05, 0.1) is 10.5 Å². The molecule has 1 aliphatic rings. The molecule has 0 bridgehead atoms. The van der Waals surface area contributed by atoms with E-state index >= 15 is 0 Å². The summed E-state index contributed by atoms with van der Waals surface area (Å²) in [5.74, 6) is 0.683. The van der Waals surface area contributed by atoms with Crippen molar-refractivity contribution in [2.45, 2.75) is 55.5 Å². The number of hydrogen-bond acceptors (Lipinski definition) is 7. The van der Waals surface area contributed by atoms with Gasteiger partial charge >= 0.3 is 6.18 Å². The molecule has 182 valence electrons. The van der Waals surface area contributed by atoms with E-state index in [0.29, 0.717) is 17.3 Å². The van der Waals surface area contributed by atoms with Crippen molar-refractivity contribution in [3.8, 4) is 11.4 Å². The summed E-state index contributed by atoms with van der Waals surface area (Å²) >= 11 is 0. The minimum Gasteiger partial charge on any atom is -0.384 e. The maximum absolute atomic E-state index is 13.7. The molecule has 0 saturated heterocycles. The Balaban J connectivity index is 1.60. The number of pyridine rings is 1. The Morgan fingerprint density at radius 1 is 1.12 bits per heavy atom. The summed E-state index contributed by atoms with van der Waals surface area (Å²) in [4.78, 5) is 3.32. The fourth-order valence-corrected chi connectivity index (χ4v) is 5.92. The maximum Gasteiger partial charge on any atom is 0.417 e. The first-order valence-electron chi connectivity index (χ1n) is 10.9. The molecule has 1 fully saturated rings. The van der Waals surface area contributed by atoms with E-state index in [9.17, 15) is 21.6 Å². The molecule has 0 atom stereocenters. The Kier molecular flexibility index (Phi) is 6.61. The number of tetrazole rings is 1. The number of sulfone groups is 1. The lowest BCUT2D eigenvalue weighted by Gasteiger charge is -2.30. The first kappa shape index (κ1) is 24.1. The van der Waals surface area contributed by atoms with Crippen LogP contribution >= 0.6 is 0 Å². The minimum atomic E-state index is -4.84. The number of nitrogens with two attached hydrogens (primary N) is 1. The van der Waals surface area contributed by atoms with Gasteiger partial charge in [0.15, 0.2) is 9.84 Å². The SMILES string of the molecule is CS(=O)(=O)c1c(C(F)(F)F)ccc(C2CCC(CCc3ccc(N)nc3)CC2)c1-c1nn[nH]n1. The average Bonchev–Trinajstić information content (AvgIpc) is 3.32. The molecule has 2 aromatic heterocycles. The van der Waals surface area contributed by atoms with Gasteiger partial charge in [-0.05, 0) is 78.8 Å². The fourth-order valence-electron chi connectivity index (χ4n) is 4.76. The lowest BCUT2D eigenvalue weighted by atomic mass is 9.75. The van der Waals surface area contributed by atoms with Crippen molar-refractivity contribution in [2.24, 2.45) is 5.92 Å². The van der Waals surface area contributed by atoms with Crippen LogP contribution in [-0.4, -0.2) is 40.3 Å². The summed E-state index contributed by atoms with van der Waals surface area (Å²) in [5, 5.41) is 13.3. The van der Waals surface area contributed by atoms with Gasteiger partial charge in [0, 0.05) is 18.0 Å². The van der Waals surface area contributed by atoms with Crippen LogP contribution in [0.4, 0.5) is 19.0 Å². The number of benzene rings is 1. The van der Waals surface area contributed by atoms with Crippen LogP contribution in [-0.2, 0) is 22.4 Å². The quantitative estimate of drug-likeness (QED) is 0.526. The number of anilines is 1. The van der Waals surface area contributed by atoms with Crippen LogP contribution in [0.2, 0.25) is 0 Å². The fraction of sp³-hybridized carbons (Fsp3) is 0.455. The Hall–Kier alpha value is -3.02. The topological polar surface area (TPSA) is 128 Å². The van der Waals surface area contributed by atoms with Gasteiger partial charge in [-0.1, -0.05) is 12.1 Å². The molecule has 1 aromatic carbocycles. The summed E-state index contributed by atoms with van der Waals surface area (Å²) in [7, 11) is -4.24. The highest BCUT2D eigenvalue weighted by Crippen LogP contribution is 2.46. The van der Waals surface area contributed by atoms with Crippen LogP contribution in [0, 0.1) is 5.92 Å². The lowest BCUT2D eigenvalue weighted by Crippen LogP contribution is -2.19. The summed E-state index contributed by atoms with van der Waals surface area (Å²) in [6.07, 6.45) is 2.76. The molecule has 1 aliphatic carbocycles. The van der Waals surface area contributed by atoms with E-state index in [1.807, 2.05) is 6.07 Å². The molecular weight excluding hydrogens is 469 g/mol. The third-order valence-electron chi connectivity index (χ3n) is 6.41. The second-order valence-corrected chi connectivity index (χ2v) is 10.7. The molecule has 0 amide bonds. The van der Waals surface area contributed by atoms with E-state index in [1.54, 1.807) is 12.3 Å². The van der Waals surface area contributed by atoms with Gasteiger partial charge in [0.2, 0.25) is 5.82 Å². The molecule has 0 spiro atoms. The van der Waals surface area contributed by atoms with Crippen molar-refractivity contribution in [3.63, 3.8) is 0 Å². The summed E-state index contributed by atoms with van der Waals surface area (Å²) in [6, 6.07) is 5.96. The Morgan fingerprint density at radius 3 is 2.41 bits per heavy atom. The van der Waals surface area contributed by atoms with Crippen molar-refractivity contribution < 1.29 is 21.6 Å². The van der Waals surface area contributed by atoms with Crippen LogP contribution in [0.15, 0.2) is 35.4 Å². The summed E-state index contributed by atoms with van der Waals surface area (Å²) in [6.45, 7) is 0. The number of H-pyrrole nitrogens is 1. The normalized spacial score (nSPS) is 19.3. The number of hydrogen-bond donors (Lipinski definition) is 2. The molecule has 8 nitrogen and oxygen atoms in total. The van der Waals surface area contributed by atoms with Gasteiger partial charge in [-0.15, -0.1) is 10.2 Å². The Labute approximate surface area is 195 Å². The van der Waals surface area contributed by atoms with Crippen LogP contribution in [0.1, 0.15) is 54.7 Å². The van der Waals surface area contributed by atoms with E-state index in [1.165, 1.54) is 6.07 Å². The smallest absolute Gasteiger partial charge is 0.384 e. The predicted octanol–water partition coefficient (Wildman–Crippen LogP) is 4.17. The first-order chi connectivity index (χ1) is 16.0. The summed E-state index contributed by atoms with van der Waals surface area (Å²) in [5.41, 5.74) is 5.92. The van der Waals surface area contributed by atoms with Gasteiger partial charge in [-0.3, -0.25) is 0 Å². The van der Waals surface area contributed by atoms with Gasteiger partial charge in [0.25, 0.3) is 0 Å². The zero-order chi connectivity index (χ0) is 24.5. The lowest BCUT2D eigenvalue weighted by molar-refractivity contribution is -0.139. The minimum absolute atomic E-state index is 0.106. The first-order valence-corrected chi connectivity index (χ1v) is 12.8. The van der Waals surface area contributed by atoms with Crippen molar-refractivity contribution >= 4 is 15.7 Å². The maximum atomic E-state index is 13.7. The molecule has 0 unspecified atom stereocenters. The van der Waals surface area contributed by atoms with Crippen molar-refractivity contribution in [2.75, 3.05) is 12.0 Å². The molecular formula is C22H25F3N6O2S. The van der Waals surface area contributed by atoms with Crippen LogP contribution in [0.25, 0.3) is 11.4 Å². The zero-order valence-electron chi connectivity index (χ0n) is 18.5. The molecule has 0 radical (unpaired) electrons. The molecule has 4 rings (SSSR count). The molecule has 34 heavy (non-hydrogen) atoms. The highest BCUT2D eigenvalue weighted by Gasteiger charge is 2.40. The largest absolute Gasteiger partial charge is 0.417 e. The number of alkyl halides is 3. The van der Waals surface area contributed by atoms with Crippen LogP contribution in [0.5, 0.6) is 0 Å².